The van der Waals surface area contributed by atoms with Crippen molar-refractivity contribution in [1.29, 1.82) is 0 Å². The molecule has 1 fully saturated rings. The Kier molecular flexibility index (Phi) is 4.43. The van der Waals surface area contributed by atoms with Crippen molar-refractivity contribution in [2.75, 3.05) is 6.54 Å². The lowest BCUT2D eigenvalue weighted by atomic mass is 9.87. The van der Waals surface area contributed by atoms with Gasteiger partial charge in [0.2, 0.25) is 0 Å². The van der Waals surface area contributed by atoms with E-state index < -0.39 is 23.3 Å². The molecule has 1 saturated heterocycles. The van der Waals surface area contributed by atoms with Crippen LogP contribution in [0.5, 0.6) is 0 Å². The number of nitrogens with one attached hydrogen (secondary N) is 1. The van der Waals surface area contributed by atoms with Gasteiger partial charge in [-0.15, -0.1) is 11.3 Å². The van der Waals surface area contributed by atoms with Gasteiger partial charge in [-0.1, -0.05) is 19.1 Å². The predicted octanol–water partition coefficient (Wildman–Crippen LogP) is 3.24. The Labute approximate surface area is 148 Å². The van der Waals surface area contributed by atoms with E-state index in [0.29, 0.717) is 16.9 Å². The Balaban J connectivity index is 1.88. The normalized spacial score (nSPS) is 20.0. The average molecular weight is 360 g/mol. The first kappa shape index (κ1) is 17.3. The van der Waals surface area contributed by atoms with Crippen LogP contribution in [0.4, 0.5) is 9.18 Å². The van der Waals surface area contributed by atoms with Gasteiger partial charge in [0.05, 0.1) is 11.4 Å². The summed E-state index contributed by atoms with van der Waals surface area (Å²) >= 11 is 1.32. The number of nitrogens with zero attached hydrogens (tertiary/aromatic N) is 1. The zero-order valence-electron chi connectivity index (χ0n) is 13.8. The second kappa shape index (κ2) is 6.40. The quantitative estimate of drug-likeness (QED) is 0.658. The number of aryl methyl sites for hydroxylation is 1. The van der Waals surface area contributed by atoms with E-state index in [2.05, 4.69) is 5.32 Å². The van der Waals surface area contributed by atoms with Gasteiger partial charge in [0.15, 0.2) is 5.78 Å². The number of hydrogen-bond acceptors (Lipinski definition) is 4. The molecule has 1 aromatic heterocycles. The zero-order valence-corrected chi connectivity index (χ0v) is 14.7. The largest absolute Gasteiger partial charge is 0.325 e. The minimum absolute atomic E-state index is 0.285. The van der Waals surface area contributed by atoms with Crippen LogP contribution in [0.2, 0.25) is 0 Å². The second-order valence-corrected chi connectivity index (χ2v) is 7.21. The van der Waals surface area contributed by atoms with Gasteiger partial charge in [0.1, 0.15) is 11.4 Å². The van der Waals surface area contributed by atoms with E-state index >= 15 is 0 Å². The molecule has 1 unspecified atom stereocenters. The number of imide groups is 1. The SMILES string of the molecule is CCC1(c2ccc(F)cc2)NC(=O)N(CC(=O)c2ccc(C)s2)C1=O. The van der Waals surface area contributed by atoms with E-state index in [0.717, 1.165) is 9.78 Å². The molecule has 7 heteroatoms. The van der Waals surface area contributed by atoms with Gasteiger partial charge in [0.25, 0.3) is 5.91 Å². The summed E-state index contributed by atoms with van der Waals surface area (Å²) in [5.74, 6) is -1.20. The van der Waals surface area contributed by atoms with Crippen LogP contribution in [0.3, 0.4) is 0 Å². The molecule has 1 aliphatic heterocycles. The van der Waals surface area contributed by atoms with Crippen LogP contribution in [-0.4, -0.2) is 29.2 Å². The molecule has 3 amide bonds. The third kappa shape index (κ3) is 2.95. The van der Waals surface area contributed by atoms with Crippen molar-refractivity contribution in [3.05, 3.63) is 57.5 Å². The third-order valence-electron chi connectivity index (χ3n) is 4.36. The summed E-state index contributed by atoms with van der Waals surface area (Å²) in [6, 6.07) is 8.34. The summed E-state index contributed by atoms with van der Waals surface area (Å²) in [5.41, 5.74) is -0.771. The van der Waals surface area contributed by atoms with Crippen LogP contribution in [0.15, 0.2) is 36.4 Å². The second-order valence-electron chi connectivity index (χ2n) is 5.92. The van der Waals surface area contributed by atoms with Crippen LogP contribution in [0.25, 0.3) is 0 Å². The molecule has 3 rings (SSSR count). The highest BCUT2D eigenvalue weighted by Gasteiger charge is 2.51. The maximum Gasteiger partial charge on any atom is 0.325 e. The number of benzene rings is 1. The molecule has 0 spiro atoms. The topological polar surface area (TPSA) is 66.5 Å². The van der Waals surface area contributed by atoms with Gasteiger partial charge < -0.3 is 5.32 Å². The molecule has 25 heavy (non-hydrogen) atoms. The van der Waals surface area contributed by atoms with Crippen molar-refractivity contribution in [3.63, 3.8) is 0 Å². The van der Waals surface area contributed by atoms with E-state index in [1.807, 2.05) is 13.0 Å². The van der Waals surface area contributed by atoms with Crippen LogP contribution in [0.1, 0.15) is 33.5 Å². The summed E-state index contributed by atoms with van der Waals surface area (Å²) in [5, 5.41) is 2.68. The molecule has 130 valence electrons. The maximum absolute atomic E-state index is 13.2. The first-order chi connectivity index (χ1) is 11.9. The Bertz CT molecular complexity index is 846. The summed E-state index contributed by atoms with van der Waals surface area (Å²) < 4.78 is 13.2. The number of carbonyl (C=O) groups excluding carboxylic acids is 3. The van der Waals surface area contributed by atoms with E-state index in [9.17, 15) is 18.8 Å². The van der Waals surface area contributed by atoms with E-state index in [1.54, 1.807) is 13.0 Å². The Morgan fingerprint density at radius 2 is 1.88 bits per heavy atom. The first-order valence-corrected chi connectivity index (χ1v) is 8.69. The fraction of sp³-hybridized carbons (Fsp3) is 0.278. The zero-order chi connectivity index (χ0) is 18.2. The molecule has 2 aromatic rings. The molecule has 2 heterocycles. The molecule has 5 nitrogen and oxygen atoms in total. The average Bonchev–Trinajstić information content (AvgIpc) is 3.13. The van der Waals surface area contributed by atoms with Crippen molar-refractivity contribution in [1.82, 2.24) is 10.2 Å². The number of halogens is 1. The number of Topliss-reactive ketones (excluding diaryl/α,β-unsaturated/α-hetero) is 1. The standard InChI is InChI=1S/C18H17FN2O3S/c1-3-18(12-5-7-13(19)8-6-12)16(23)21(17(24)20-18)10-14(22)15-9-4-11(2)25-15/h4-9H,3,10H2,1-2H3,(H,20,24). The molecule has 1 aromatic carbocycles. The van der Waals surface area contributed by atoms with Gasteiger partial charge >= 0.3 is 6.03 Å². The monoisotopic (exact) mass is 360 g/mol. The molecule has 1 atom stereocenters. The van der Waals surface area contributed by atoms with Crippen LogP contribution >= 0.6 is 11.3 Å². The number of rotatable bonds is 5. The summed E-state index contributed by atoms with van der Waals surface area (Å²) in [6.07, 6.45) is 0.298. The number of hydrogen-bond donors (Lipinski definition) is 1. The van der Waals surface area contributed by atoms with Gasteiger partial charge in [-0.3, -0.25) is 14.5 Å². The number of amides is 3. The highest BCUT2D eigenvalue weighted by atomic mass is 32.1. The fourth-order valence-corrected chi connectivity index (χ4v) is 3.75. The lowest BCUT2D eigenvalue weighted by Gasteiger charge is -2.25. The first-order valence-electron chi connectivity index (χ1n) is 7.87. The molecule has 0 aliphatic carbocycles. The Morgan fingerprint density at radius 3 is 2.44 bits per heavy atom. The Morgan fingerprint density at radius 1 is 1.20 bits per heavy atom. The smallest absolute Gasteiger partial charge is 0.319 e. The maximum atomic E-state index is 13.2. The highest BCUT2D eigenvalue weighted by molar-refractivity contribution is 7.14. The minimum atomic E-state index is -1.27. The van der Waals surface area contributed by atoms with Crippen LogP contribution < -0.4 is 5.32 Å². The van der Waals surface area contributed by atoms with Gasteiger partial charge in [-0.05, 0) is 43.2 Å². The molecule has 1 N–H and O–H groups in total. The lowest BCUT2D eigenvalue weighted by molar-refractivity contribution is -0.131. The lowest BCUT2D eigenvalue weighted by Crippen LogP contribution is -2.43. The van der Waals surface area contributed by atoms with Crippen LogP contribution in [-0.2, 0) is 10.3 Å². The molecule has 0 bridgehead atoms. The summed E-state index contributed by atoms with van der Waals surface area (Å²) in [7, 11) is 0. The van der Waals surface area contributed by atoms with Crippen molar-refractivity contribution >= 4 is 29.1 Å². The van der Waals surface area contributed by atoms with Gasteiger partial charge in [-0.2, -0.15) is 0 Å². The van der Waals surface area contributed by atoms with Crippen molar-refractivity contribution in [2.24, 2.45) is 0 Å². The highest BCUT2D eigenvalue weighted by Crippen LogP contribution is 2.32. The van der Waals surface area contributed by atoms with E-state index in [-0.39, 0.29) is 12.3 Å². The van der Waals surface area contributed by atoms with Crippen LogP contribution in [0, 0.1) is 12.7 Å². The predicted molar refractivity (Wildman–Crippen MR) is 92.0 cm³/mol. The Hall–Kier alpha value is -2.54. The molecular weight excluding hydrogens is 343 g/mol. The van der Waals surface area contributed by atoms with Gasteiger partial charge in [-0.25, -0.2) is 9.18 Å². The summed E-state index contributed by atoms with van der Waals surface area (Å²) in [4.78, 5) is 40.1. The van der Waals surface area contributed by atoms with Crippen molar-refractivity contribution in [2.45, 2.75) is 25.8 Å². The van der Waals surface area contributed by atoms with Crippen molar-refractivity contribution < 1.29 is 18.8 Å². The third-order valence-corrected chi connectivity index (χ3v) is 5.40. The van der Waals surface area contributed by atoms with Crippen molar-refractivity contribution in [3.8, 4) is 0 Å². The minimum Gasteiger partial charge on any atom is -0.319 e. The molecule has 1 aliphatic rings. The molecule has 0 saturated carbocycles. The number of thiophene rings is 1. The number of ketones is 1. The van der Waals surface area contributed by atoms with E-state index in [4.69, 9.17) is 0 Å². The summed E-state index contributed by atoms with van der Waals surface area (Å²) in [6.45, 7) is 3.33. The number of carbonyl (C=O) groups is 3. The number of urea groups is 1. The molecule has 0 radical (unpaired) electrons. The van der Waals surface area contributed by atoms with E-state index in [1.165, 1.54) is 35.6 Å². The fourth-order valence-electron chi connectivity index (χ4n) is 2.95. The molecular formula is C18H17FN2O3S. The van der Waals surface area contributed by atoms with Gasteiger partial charge in [0, 0.05) is 4.88 Å².